The lowest BCUT2D eigenvalue weighted by Crippen LogP contribution is -1.86. The summed E-state index contributed by atoms with van der Waals surface area (Å²) in [5, 5.41) is 1.08. The maximum atomic E-state index is 4.32. The molecule has 2 aromatic carbocycles. The van der Waals surface area contributed by atoms with E-state index in [1.54, 1.807) is 6.33 Å². The molecule has 0 amide bonds. The second kappa shape index (κ2) is 4.80. The smallest absolute Gasteiger partial charge is 0.116 e. The Hall–Kier alpha value is -2.48. The average molecular weight is 232 g/mol. The van der Waals surface area contributed by atoms with Gasteiger partial charge in [-0.2, -0.15) is 0 Å². The van der Waals surface area contributed by atoms with Crippen LogP contribution in [0.5, 0.6) is 0 Å². The molecule has 0 N–H and O–H groups in total. The number of aromatic nitrogens is 2. The van der Waals surface area contributed by atoms with Gasteiger partial charge in [-0.1, -0.05) is 54.6 Å². The molecule has 0 unspecified atom stereocenters. The molecule has 0 saturated carbocycles. The number of hydrogen-bond donors (Lipinski definition) is 0. The Morgan fingerprint density at radius 1 is 0.722 bits per heavy atom. The summed E-state index contributed by atoms with van der Waals surface area (Å²) in [6.45, 7) is 0. The maximum absolute atomic E-state index is 4.32. The molecule has 0 aliphatic carbocycles. The Bertz CT molecular complexity index is 682. The zero-order valence-corrected chi connectivity index (χ0v) is 9.82. The van der Waals surface area contributed by atoms with Crippen LogP contribution < -0.4 is 0 Å². The van der Waals surface area contributed by atoms with Gasteiger partial charge in [0.05, 0.1) is 11.2 Å². The van der Waals surface area contributed by atoms with Gasteiger partial charge in [0.25, 0.3) is 0 Å². The van der Waals surface area contributed by atoms with Crippen molar-refractivity contribution in [3.63, 3.8) is 0 Å². The number of nitrogens with zero attached hydrogens (tertiary/aromatic N) is 2. The van der Waals surface area contributed by atoms with Crippen molar-refractivity contribution in [2.45, 2.75) is 0 Å². The Labute approximate surface area is 106 Å². The van der Waals surface area contributed by atoms with Crippen molar-refractivity contribution in [2.75, 3.05) is 0 Å². The predicted octanol–water partition coefficient (Wildman–Crippen LogP) is 3.80. The molecular formula is C16H12N2. The summed E-state index contributed by atoms with van der Waals surface area (Å²) >= 11 is 0. The summed E-state index contributed by atoms with van der Waals surface area (Å²) in [7, 11) is 0. The highest BCUT2D eigenvalue weighted by atomic mass is 14.8. The molecule has 0 aliphatic heterocycles. The van der Waals surface area contributed by atoms with E-state index in [0.29, 0.717) is 0 Å². The van der Waals surface area contributed by atoms with Gasteiger partial charge in [0.1, 0.15) is 6.33 Å². The van der Waals surface area contributed by atoms with E-state index in [9.17, 15) is 0 Å². The average Bonchev–Trinajstić information content (AvgIpc) is 2.46. The van der Waals surface area contributed by atoms with Gasteiger partial charge < -0.3 is 0 Å². The van der Waals surface area contributed by atoms with Gasteiger partial charge in [0.15, 0.2) is 0 Å². The van der Waals surface area contributed by atoms with E-state index in [-0.39, 0.29) is 0 Å². The minimum Gasteiger partial charge on any atom is -0.236 e. The number of rotatable bonds is 2. The second-order valence-corrected chi connectivity index (χ2v) is 4.02. The van der Waals surface area contributed by atoms with Crippen molar-refractivity contribution >= 4 is 23.1 Å². The Balaban J connectivity index is 2.03. The fraction of sp³-hybridized carbons (Fsp3) is 0. The lowest BCUT2D eigenvalue weighted by atomic mass is 10.1. The zero-order valence-electron chi connectivity index (χ0n) is 9.82. The molecule has 3 aromatic rings. The van der Waals surface area contributed by atoms with Gasteiger partial charge in [-0.25, -0.2) is 9.97 Å². The summed E-state index contributed by atoms with van der Waals surface area (Å²) < 4.78 is 0. The molecule has 0 spiro atoms. The van der Waals surface area contributed by atoms with Crippen LogP contribution in [0.25, 0.3) is 23.1 Å². The van der Waals surface area contributed by atoms with E-state index in [2.05, 4.69) is 28.2 Å². The van der Waals surface area contributed by atoms with Gasteiger partial charge in [0.2, 0.25) is 0 Å². The monoisotopic (exact) mass is 232 g/mol. The summed E-state index contributed by atoms with van der Waals surface area (Å²) in [6.07, 6.45) is 5.70. The Kier molecular flexibility index (Phi) is 2.84. The van der Waals surface area contributed by atoms with E-state index in [4.69, 9.17) is 0 Å². The van der Waals surface area contributed by atoms with Crippen molar-refractivity contribution in [1.82, 2.24) is 9.97 Å². The molecule has 2 heteroatoms. The fourth-order valence-corrected chi connectivity index (χ4v) is 1.90. The molecule has 86 valence electrons. The van der Waals surface area contributed by atoms with Crippen LogP contribution >= 0.6 is 0 Å². The molecule has 1 heterocycles. The predicted molar refractivity (Wildman–Crippen MR) is 74.9 cm³/mol. The Morgan fingerprint density at radius 3 is 2.39 bits per heavy atom. The minimum atomic E-state index is 0.949. The molecule has 0 bridgehead atoms. The van der Waals surface area contributed by atoms with E-state index in [0.717, 1.165) is 16.6 Å². The summed E-state index contributed by atoms with van der Waals surface area (Å²) in [4.78, 5) is 8.58. The molecule has 0 saturated heterocycles. The molecular weight excluding hydrogens is 220 g/mol. The standard InChI is InChI=1S/C16H12N2/c1-2-6-13(7-3-1)10-11-16-14-8-4-5-9-15(14)17-12-18-16/h1-12H/b11-10+. The Morgan fingerprint density at radius 2 is 1.50 bits per heavy atom. The maximum Gasteiger partial charge on any atom is 0.116 e. The normalized spacial score (nSPS) is 11.1. The third-order valence-electron chi connectivity index (χ3n) is 2.81. The first-order valence-corrected chi connectivity index (χ1v) is 5.86. The third kappa shape index (κ3) is 2.13. The van der Waals surface area contributed by atoms with E-state index >= 15 is 0 Å². The lowest BCUT2D eigenvalue weighted by Gasteiger charge is -1.99. The fourth-order valence-electron chi connectivity index (χ4n) is 1.90. The first-order chi connectivity index (χ1) is 8.93. The van der Waals surface area contributed by atoms with Crippen LogP contribution in [0.15, 0.2) is 60.9 Å². The van der Waals surface area contributed by atoms with Crippen molar-refractivity contribution in [3.05, 3.63) is 72.2 Å². The molecule has 18 heavy (non-hydrogen) atoms. The summed E-state index contributed by atoms with van der Waals surface area (Å²) in [5.74, 6) is 0. The van der Waals surface area contributed by atoms with Crippen molar-refractivity contribution in [1.29, 1.82) is 0 Å². The lowest BCUT2D eigenvalue weighted by molar-refractivity contribution is 1.21. The molecule has 1 aromatic heterocycles. The molecule has 0 radical (unpaired) electrons. The first-order valence-electron chi connectivity index (χ1n) is 5.86. The first kappa shape index (κ1) is 10.7. The number of fused-ring (bicyclic) bond motifs is 1. The zero-order chi connectivity index (χ0) is 12.2. The van der Waals surface area contributed by atoms with Gasteiger partial charge in [-0.3, -0.25) is 0 Å². The highest BCUT2D eigenvalue weighted by molar-refractivity contribution is 5.88. The summed E-state index contributed by atoms with van der Waals surface area (Å²) in [5.41, 5.74) is 3.09. The van der Waals surface area contributed by atoms with E-state index < -0.39 is 0 Å². The van der Waals surface area contributed by atoms with Crippen LogP contribution in [0, 0.1) is 0 Å². The topological polar surface area (TPSA) is 25.8 Å². The van der Waals surface area contributed by atoms with Crippen LogP contribution in [-0.4, -0.2) is 9.97 Å². The van der Waals surface area contributed by atoms with Crippen molar-refractivity contribution in [3.8, 4) is 0 Å². The van der Waals surface area contributed by atoms with Crippen LogP contribution in [0.2, 0.25) is 0 Å². The van der Waals surface area contributed by atoms with Crippen LogP contribution in [-0.2, 0) is 0 Å². The van der Waals surface area contributed by atoms with Crippen molar-refractivity contribution < 1.29 is 0 Å². The molecule has 0 fully saturated rings. The number of benzene rings is 2. The third-order valence-corrected chi connectivity index (χ3v) is 2.81. The van der Waals surface area contributed by atoms with Crippen LogP contribution in [0.1, 0.15) is 11.3 Å². The van der Waals surface area contributed by atoms with E-state index in [1.165, 1.54) is 5.56 Å². The van der Waals surface area contributed by atoms with Gasteiger partial charge in [-0.15, -0.1) is 0 Å². The summed E-state index contributed by atoms with van der Waals surface area (Å²) in [6, 6.07) is 18.2. The van der Waals surface area contributed by atoms with Gasteiger partial charge >= 0.3 is 0 Å². The number of para-hydroxylation sites is 1. The molecule has 0 aliphatic rings. The quantitative estimate of drug-likeness (QED) is 0.671. The second-order valence-electron chi connectivity index (χ2n) is 4.02. The number of hydrogen-bond acceptors (Lipinski definition) is 2. The SMILES string of the molecule is C(=C\c1ncnc2ccccc12)/c1ccccc1. The molecule has 0 atom stereocenters. The molecule has 3 rings (SSSR count). The highest BCUT2D eigenvalue weighted by Crippen LogP contribution is 2.16. The van der Waals surface area contributed by atoms with Crippen LogP contribution in [0.4, 0.5) is 0 Å². The highest BCUT2D eigenvalue weighted by Gasteiger charge is 1.98. The van der Waals surface area contributed by atoms with Crippen LogP contribution in [0.3, 0.4) is 0 Å². The largest absolute Gasteiger partial charge is 0.236 e. The minimum absolute atomic E-state index is 0.949. The van der Waals surface area contributed by atoms with Crippen molar-refractivity contribution in [2.24, 2.45) is 0 Å². The van der Waals surface area contributed by atoms with Gasteiger partial charge in [0, 0.05) is 5.39 Å². The van der Waals surface area contributed by atoms with Gasteiger partial charge in [-0.05, 0) is 17.7 Å². The van der Waals surface area contributed by atoms with E-state index in [1.807, 2.05) is 48.5 Å². The molecule has 2 nitrogen and oxygen atoms in total.